The Balaban J connectivity index is 1.79. The van der Waals surface area contributed by atoms with E-state index < -0.39 is 28.8 Å². The molecule has 3 rings (SSSR count). The van der Waals surface area contributed by atoms with Crippen molar-refractivity contribution in [1.82, 2.24) is 9.88 Å². The van der Waals surface area contributed by atoms with Crippen molar-refractivity contribution in [1.29, 1.82) is 0 Å². The van der Waals surface area contributed by atoms with Crippen LogP contribution < -0.4 is 10.9 Å². The maximum atomic E-state index is 13.1. The summed E-state index contributed by atoms with van der Waals surface area (Å²) in [5.41, 5.74) is 2.14. The van der Waals surface area contributed by atoms with Gasteiger partial charge >= 0.3 is 11.7 Å². The van der Waals surface area contributed by atoms with Crippen molar-refractivity contribution in [3.05, 3.63) is 81.2 Å². The minimum absolute atomic E-state index is 0.231. The third kappa shape index (κ3) is 7.03. The number of nitrogens with one attached hydrogen (secondary N) is 1. The van der Waals surface area contributed by atoms with Crippen LogP contribution in [-0.2, 0) is 13.5 Å². The number of nitrogens with zero attached hydrogens (tertiary/aromatic N) is 1. The molecule has 0 saturated heterocycles. The van der Waals surface area contributed by atoms with Gasteiger partial charge in [0.15, 0.2) is 5.78 Å². The lowest BCUT2D eigenvalue weighted by molar-refractivity contribution is 0.102. The smallest absolute Gasteiger partial charge is 0.408 e. The summed E-state index contributed by atoms with van der Waals surface area (Å²) in [6.07, 6.45) is 6.72. The first-order valence-electron chi connectivity index (χ1n) is 12.8. The zero-order valence-electron chi connectivity index (χ0n) is 22.6. The Bertz CT molecular complexity index is 1440. The number of aryl methyl sites for hydroxylation is 2. The maximum Gasteiger partial charge on any atom is 0.408 e. The minimum Gasteiger partial charge on any atom is -0.507 e. The Hall–Kier alpha value is -4.07. The molecule has 0 aliphatic carbocycles. The van der Waals surface area contributed by atoms with E-state index in [-0.39, 0.29) is 11.7 Å². The van der Waals surface area contributed by atoms with Gasteiger partial charge in [0, 0.05) is 41.8 Å². The molecule has 38 heavy (non-hydrogen) atoms. The predicted molar refractivity (Wildman–Crippen MR) is 149 cm³/mol. The molecule has 0 fully saturated rings. The molecule has 1 atom stereocenters. The molecule has 0 aliphatic heterocycles. The second-order valence-corrected chi connectivity index (χ2v) is 10.1. The Labute approximate surface area is 222 Å². The Morgan fingerprint density at radius 3 is 2.53 bits per heavy atom. The molecule has 0 spiro atoms. The molecule has 0 saturated carbocycles. The highest BCUT2D eigenvalue weighted by Gasteiger charge is 2.22. The Morgan fingerprint density at radius 1 is 1.13 bits per heavy atom. The number of aromatic hydroxyl groups is 1. The van der Waals surface area contributed by atoms with Crippen LogP contribution in [0.4, 0.5) is 4.79 Å². The predicted octanol–water partition coefficient (Wildman–Crippen LogP) is 6.38. The molecule has 8 heteroatoms. The molecule has 0 aliphatic rings. The van der Waals surface area contributed by atoms with E-state index in [4.69, 9.17) is 9.52 Å². The van der Waals surface area contributed by atoms with Crippen LogP contribution in [0.25, 0.3) is 17.0 Å². The molecular formula is C30H36N2O6. The fraction of sp³-hybridized carbons (Fsp3) is 0.367. The number of aromatic nitrogens is 1. The van der Waals surface area contributed by atoms with Gasteiger partial charge in [-0.3, -0.25) is 10.1 Å². The summed E-state index contributed by atoms with van der Waals surface area (Å²) in [5.74, 6) is -0.362. The molecule has 1 amide bonds. The van der Waals surface area contributed by atoms with Crippen molar-refractivity contribution in [3.8, 4) is 5.75 Å². The number of hydrogen-bond acceptors (Lipinski definition) is 5. The van der Waals surface area contributed by atoms with Crippen LogP contribution in [0.1, 0.15) is 80.3 Å². The molecule has 1 aromatic carbocycles. The van der Waals surface area contributed by atoms with Gasteiger partial charge in [0.05, 0.1) is 0 Å². The van der Waals surface area contributed by atoms with Gasteiger partial charge in [-0.25, -0.2) is 9.59 Å². The van der Waals surface area contributed by atoms with Crippen LogP contribution in [0, 0.1) is 5.92 Å². The van der Waals surface area contributed by atoms with Gasteiger partial charge in [-0.15, -0.1) is 0 Å². The lowest BCUT2D eigenvalue weighted by atomic mass is 9.99. The van der Waals surface area contributed by atoms with Gasteiger partial charge in [-0.1, -0.05) is 32.9 Å². The average Bonchev–Trinajstić information content (AvgIpc) is 3.15. The molecule has 0 radical (unpaired) electrons. The van der Waals surface area contributed by atoms with E-state index in [2.05, 4.69) is 37.4 Å². The van der Waals surface area contributed by atoms with Gasteiger partial charge in [-0.05, 0) is 73.9 Å². The van der Waals surface area contributed by atoms with Gasteiger partial charge in [-0.2, -0.15) is 0 Å². The normalized spacial score (nSPS) is 12.9. The number of rotatable bonds is 11. The number of Topliss-reactive ketones (excluding diaryl/α,β-unsaturated/α-hetero) is 1. The number of amides is 1. The van der Waals surface area contributed by atoms with Crippen LogP contribution in [-0.4, -0.2) is 26.7 Å². The minimum atomic E-state index is -1.15. The summed E-state index contributed by atoms with van der Waals surface area (Å²) in [4.78, 5) is 36.3. The second-order valence-electron chi connectivity index (χ2n) is 10.1. The molecule has 0 bridgehead atoms. The largest absolute Gasteiger partial charge is 0.507 e. The monoisotopic (exact) mass is 520 g/mol. The number of benzene rings is 1. The standard InChI is InChI=1S/C30H36N2O6/c1-18(2)9-10-21-11-12-24-22(15-21)16-23(32(24)5)14-20(4)28(34)27-25(33)17-26(38-29(27)35)19(3)8-6-7-13-31-30(36)37/h7,11-19,31,33H,6,8-10H2,1-5H3,(H,36,37)/b13-7+,20-14+. The summed E-state index contributed by atoms with van der Waals surface area (Å²) >= 11 is 0. The summed E-state index contributed by atoms with van der Waals surface area (Å²) in [6.45, 7) is 7.84. The fourth-order valence-electron chi connectivity index (χ4n) is 4.31. The summed E-state index contributed by atoms with van der Waals surface area (Å²) in [7, 11) is 1.93. The SMILES string of the molecule is C/C(=C\c1cc2cc(CCC(C)C)ccc2n1C)C(=O)c1c(O)cc(C(C)CC/C=C/NC(=O)O)oc1=O. The van der Waals surface area contributed by atoms with Crippen molar-refractivity contribution in [2.75, 3.05) is 0 Å². The van der Waals surface area contributed by atoms with Crippen molar-refractivity contribution < 1.29 is 24.2 Å². The highest BCUT2D eigenvalue weighted by molar-refractivity contribution is 6.12. The van der Waals surface area contributed by atoms with E-state index >= 15 is 0 Å². The number of hydrogen-bond donors (Lipinski definition) is 3. The number of carbonyl (C=O) groups is 2. The molecule has 8 nitrogen and oxygen atoms in total. The highest BCUT2D eigenvalue weighted by atomic mass is 16.4. The van der Waals surface area contributed by atoms with Crippen molar-refractivity contribution >= 4 is 28.9 Å². The quantitative estimate of drug-likeness (QED) is 0.199. The molecule has 2 aromatic heterocycles. The van der Waals surface area contributed by atoms with E-state index in [9.17, 15) is 19.5 Å². The van der Waals surface area contributed by atoms with Crippen LogP contribution in [0.3, 0.4) is 0 Å². The number of carboxylic acid groups (broad SMARTS) is 1. The molecule has 202 valence electrons. The van der Waals surface area contributed by atoms with Crippen LogP contribution in [0.15, 0.2) is 57.4 Å². The van der Waals surface area contributed by atoms with Crippen LogP contribution in [0.5, 0.6) is 5.75 Å². The van der Waals surface area contributed by atoms with Gasteiger partial charge in [0.1, 0.15) is 17.1 Å². The number of carbonyl (C=O) groups excluding carboxylic acids is 1. The number of fused-ring (bicyclic) bond motifs is 1. The molecule has 2 heterocycles. The van der Waals surface area contributed by atoms with Crippen LogP contribution >= 0.6 is 0 Å². The van der Waals surface area contributed by atoms with Crippen LogP contribution in [0.2, 0.25) is 0 Å². The fourth-order valence-corrected chi connectivity index (χ4v) is 4.31. The van der Waals surface area contributed by atoms with E-state index in [1.165, 1.54) is 17.8 Å². The molecule has 1 unspecified atom stereocenters. The van der Waals surface area contributed by atoms with Gasteiger partial charge < -0.3 is 19.2 Å². The lowest BCUT2D eigenvalue weighted by Gasteiger charge is -2.11. The van der Waals surface area contributed by atoms with Gasteiger partial charge in [0.2, 0.25) is 0 Å². The molecule has 3 aromatic rings. The first-order valence-corrected chi connectivity index (χ1v) is 12.8. The highest BCUT2D eigenvalue weighted by Crippen LogP contribution is 2.27. The molecular weight excluding hydrogens is 484 g/mol. The first kappa shape index (κ1) is 28.5. The lowest BCUT2D eigenvalue weighted by Crippen LogP contribution is -2.16. The Morgan fingerprint density at radius 2 is 1.87 bits per heavy atom. The maximum absolute atomic E-state index is 13.1. The molecule has 3 N–H and O–H groups in total. The summed E-state index contributed by atoms with van der Waals surface area (Å²) in [6, 6.07) is 9.70. The van der Waals surface area contributed by atoms with Gasteiger partial charge in [0.25, 0.3) is 0 Å². The number of ketones is 1. The summed E-state index contributed by atoms with van der Waals surface area (Å²) in [5, 5.41) is 22.3. The first-order chi connectivity index (χ1) is 18.0. The third-order valence-corrected chi connectivity index (χ3v) is 6.63. The van der Waals surface area contributed by atoms with E-state index in [1.54, 1.807) is 19.1 Å². The Kier molecular flexibility index (Phi) is 9.34. The zero-order valence-corrected chi connectivity index (χ0v) is 22.6. The second kappa shape index (κ2) is 12.4. The van der Waals surface area contributed by atoms with Crippen molar-refractivity contribution in [2.24, 2.45) is 13.0 Å². The third-order valence-electron chi connectivity index (χ3n) is 6.63. The summed E-state index contributed by atoms with van der Waals surface area (Å²) < 4.78 is 7.38. The van der Waals surface area contributed by atoms with E-state index in [1.807, 2.05) is 24.6 Å². The van der Waals surface area contributed by atoms with E-state index in [0.717, 1.165) is 29.4 Å². The van der Waals surface area contributed by atoms with Crippen molar-refractivity contribution in [2.45, 2.75) is 59.3 Å². The average molecular weight is 521 g/mol. The van der Waals surface area contributed by atoms with E-state index in [0.29, 0.717) is 24.3 Å². The zero-order chi connectivity index (χ0) is 28.0. The van der Waals surface area contributed by atoms with Crippen molar-refractivity contribution in [3.63, 3.8) is 0 Å². The topological polar surface area (TPSA) is 122 Å². The number of allylic oxidation sites excluding steroid dienone is 2.